The third kappa shape index (κ3) is 6.97. The Morgan fingerprint density at radius 3 is 2.52 bits per heavy atom. The molecule has 0 spiro atoms. The normalized spacial score (nSPS) is 10.7. The maximum atomic E-state index is 12.3. The summed E-state index contributed by atoms with van der Waals surface area (Å²) in [6.45, 7) is 1.71. The first-order valence-electron chi connectivity index (χ1n) is 9.81. The number of carbonyl (C=O) groups is 2. The number of amides is 2. The first-order chi connectivity index (χ1) is 15.9. The number of ether oxygens (including phenoxy) is 2. The molecule has 0 fully saturated rings. The third-order valence-corrected chi connectivity index (χ3v) is 5.00. The number of benzene rings is 3. The summed E-state index contributed by atoms with van der Waals surface area (Å²) in [6.07, 6.45) is 1.50. The quantitative estimate of drug-likeness (QED) is 0.343. The van der Waals surface area contributed by atoms with Gasteiger partial charge in [0.05, 0.1) is 29.6 Å². The van der Waals surface area contributed by atoms with Gasteiger partial charge in [0.1, 0.15) is 11.5 Å². The second kappa shape index (κ2) is 11.4. The molecule has 0 atom stereocenters. The molecule has 170 valence electrons. The summed E-state index contributed by atoms with van der Waals surface area (Å²) in [5, 5.41) is 7.46. The van der Waals surface area contributed by atoms with Crippen LogP contribution in [0.25, 0.3) is 0 Å². The molecule has 2 N–H and O–H groups in total. The van der Waals surface area contributed by atoms with Crippen molar-refractivity contribution >= 4 is 46.9 Å². The van der Waals surface area contributed by atoms with Gasteiger partial charge in [0, 0.05) is 5.02 Å². The van der Waals surface area contributed by atoms with E-state index in [1.807, 2.05) is 13.0 Å². The van der Waals surface area contributed by atoms with Crippen LogP contribution in [0.15, 0.2) is 65.8 Å². The van der Waals surface area contributed by atoms with Crippen LogP contribution in [0.1, 0.15) is 21.5 Å². The van der Waals surface area contributed by atoms with Gasteiger partial charge in [0.15, 0.2) is 6.61 Å². The summed E-state index contributed by atoms with van der Waals surface area (Å²) in [4.78, 5) is 24.4. The SMILES string of the molecule is COc1cc(C)ccc1C(=O)N/N=C\c1ccc(OCC(=O)Nc2cc(Cl)ccc2Cl)cc1. The van der Waals surface area contributed by atoms with Gasteiger partial charge in [-0.15, -0.1) is 0 Å². The maximum absolute atomic E-state index is 12.3. The van der Waals surface area contributed by atoms with Crippen molar-refractivity contribution in [1.29, 1.82) is 0 Å². The molecule has 3 rings (SSSR count). The number of aryl methyl sites for hydroxylation is 1. The molecule has 0 heterocycles. The van der Waals surface area contributed by atoms with Crippen LogP contribution >= 0.6 is 23.2 Å². The molecule has 0 aromatic heterocycles. The van der Waals surface area contributed by atoms with Crippen LogP contribution in [0.4, 0.5) is 5.69 Å². The van der Waals surface area contributed by atoms with Crippen LogP contribution in [0, 0.1) is 6.92 Å². The van der Waals surface area contributed by atoms with E-state index in [4.69, 9.17) is 32.7 Å². The number of hydrogen-bond acceptors (Lipinski definition) is 5. The molecule has 0 radical (unpaired) electrons. The van der Waals surface area contributed by atoms with E-state index in [0.29, 0.717) is 32.8 Å². The van der Waals surface area contributed by atoms with E-state index < -0.39 is 0 Å². The molecule has 33 heavy (non-hydrogen) atoms. The van der Waals surface area contributed by atoms with E-state index in [2.05, 4.69) is 15.8 Å². The Morgan fingerprint density at radius 1 is 1.03 bits per heavy atom. The minimum atomic E-state index is -0.381. The van der Waals surface area contributed by atoms with Gasteiger partial charge in [-0.05, 0) is 72.6 Å². The van der Waals surface area contributed by atoms with Crippen molar-refractivity contribution in [3.63, 3.8) is 0 Å². The Morgan fingerprint density at radius 2 is 1.79 bits per heavy atom. The van der Waals surface area contributed by atoms with E-state index in [1.165, 1.54) is 13.3 Å². The molecule has 2 amide bonds. The van der Waals surface area contributed by atoms with E-state index in [1.54, 1.807) is 54.6 Å². The lowest BCUT2D eigenvalue weighted by molar-refractivity contribution is -0.118. The van der Waals surface area contributed by atoms with Crippen molar-refractivity contribution in [3.8, 4) is 11.5 Å². The molecule has 9 heteroatoms. The zero-order chi connectivity index (χ0) is 23.8. The zero-order valence-corrected chi connectivity index (χ0v) is 19.4. The first kappa shape index (κ1) is 24.1. The maximum Gasteiger partial charge on any atom is 0.275 e. The number of hydrazone groups is 1. The van der Waals surface area contributed by atoms with Crippen LogP contribution < -0.4 is 20.2 Å². The molecule has 3 aromatic carbocycles. The van der Waals surface area contributed by atoms with Crippen LogP contribution in [0.3, 0.4) is 0 Å². The predicted octanol–water partition coefficient (Wildman–Crippen LogP) is 5.09. The smallest absolute Gasteiger partial charge is 0.275 e. The average molecular weight is 486 g/mol. The number of carbonyl (C=O) groups excluding carboxylic acids is 2. The minimum absolute atomic E-state index is 0.204. The lowest BCUT2D eigenvalue weighted by Gasteiger charge is -2.09. The van der Waals surface area contributed by atoms with Gasteiger partial charge in [0.25, 0.3) is 11.8 Å². The Labute approximate surface area is 201 Å². The molecule has 0 saturated heterocycles. The fraction of sp³-hybridized carbons (Fsp3) is 0.125. The number of hydrogen-bond donors (Lipinski definition) is 2. The molecular weight excluding hydrogens is 465 g/mol. The molecule has 0 bridgehead atoms. The highest BCUT2D eigenvalue weighted by molar-refractivity contribution is 6.35. The molecule has 0 aliphatic heterocycles. The fourth-order valence-corrected chi connectivity index (χ4v) is 3.13. The Balaban J connectivity index is 1.50. The summed E-state index contributed by atoms with van der Waals surface area (Å²) < 4.78 is 10.7. The summed E-state index contributed by atoms with van der Waals surface area (Å²) in [5.41, 5.74) is 4.99. The molecule has 7 nitrogen and oxygen atoms in total. The fourth-order valence-electron chi connectivity index (χ4n) is 2.79. The van der Waals surface area contributed by atoms with Gasteiger partial charge in [0.2, 0.25) is 0 Å². The third-order valence-electron chi connectivity index (χ3n) is 4.43. The van der Waals surface area contributed by atoms with Crippen LogP contribution in [-0.2, 0) is 4.79 Å². The van der Waals surface area contributed by atoms with E-state index in [9.17, 15) is 9.59 Å². The topological polar surface area (TPSA) is 89.0 Å². The molecule has 0 saturated carbocycles. The molecule has 0 aliphatic rings. The highest BCUT2D eigenvalue weighted by atomic mass is 35.5. The lowest BCUT2D eigenvalue weighted by Crippen LogP contribution is -2.20. The second-order valence-corrected chi connectivity index (χ2v) is 7.78. The monoisotopic (exact) mass is 485 g/mol. The van der Waals surface area contributed by atoms with Gasteiger partial charge < -0.3 is 14.8 Å². The average Bonchev–Trinajstić information content (AvgIpc) is 2.80. The van der Waals surface area contributed by atoms with Crippen molar-refractivity contribution < 1.29 is 19.1 Å². The van der Waals surface area contributed by atoms with Gasteiger partial charge in [-0.2, -0.15) is 5.10 Å². The van der Waals surface area contributed by atoms with Gasteiger partial charge in [-0.1, -0.05) is 29.3 Å². The first-order valence-corrected chi connectivity index (χ1v) is 10.6. The number of rotatable bonds is 8. The van der Waals surface area contributed by atoms with Crippen LogP contribution in [-0.4, -0.2) is 31.7 Å². The van der Waals surface area contributed by atoms with Gasteiger partial charge in [-0.25, -0.2) is 5.43 Å². The molecule has 0 unspecified atom stereocenters. The van der Waals surface area contributed by atoms with Crippen molar-refractivity contribution in [2.45, 2.75) is 6.92 Å². The Kier molecular flexibility index (Phi) is 8.29. The number of halogens is 2. The minimum Gasteiger partial charge on any atom is -0.496 e. The number of nitrogens with zero attached hydrogens (tertiary/aromatic N) is 1. The summed E-state index contributed by atoms with van der Waals surface area (Å²) in [5.74, 6) is 0.215. The zero-order valence-electron chi connectivity index (χ0n) is 17.9. The summed E-state index contributed by atoms with van der Waals surface area (Å²) in [6, 6.07) is 16.9. The standard InChI is InChI=1S/C24H21Cl2N3O4/c1-15-3-9-19(22(11-15)32-2)24(31)29-27-13-16-4-7-18(8-5-16)33-14-23(30)28-21-12-17(25)6-10-20(21)26/h3-13H,14H2,1-2H3,(H,28,30)(H,29,31)/b27-13-. The van der Waals surface area contributed by atoms with Crippen molar-refractivity contribution in [2.75, 3.05) is 19.0 Å². The van der Waals surface area contributed by atoms with Crippen molar-refractivity contribution in [2.24, 2.45) is 5.10 Å². The number of nitrogens with one attached hydrogen (secondary N) is 2. The lowest BCUT2D eigenvalue weighted by atomic mass is 10.1. The van der Waals surface area contributed by atoms with Gasteiger partial charge in [-0.3, -0.25) is 9.59 Å². The summed E-state index contributed by atoms with van der Waals surface area (Å²) in [7, 11) is 1.51. The van der Waals surface area contributed by atoms with E-state index in [0.717, 1.165) is 11.1 Å². The highest BCUT2D eigenvalue weighted by Crippen LogP contribution is 2.25. The number of anilines is 1. The predicted molar refractivity (Wildman–Crippen MR) is 130 cm³/mol. The van der Waals surface area contributed by atoms with Gasteiger partial charge >= 0.3 is 0 Å². The van der Waals surface area contributed by atoms with Crippen LogP contribution in [0.5, 0.6) is 11.5 Å². The summed E-state index contributed by atoms with van der Waals surface area (Å²) >= 11 is 11.9. The Hall–Kier alpha value is -3.55. The molecule has 3 aromatic rings. The Bertz CT molecular complexity index is 1180. The van der Waals surface area contributed by atoms with Crippen LogP contribution in [0.2, 0.25) is 10.0 Å². The van der Waals surface area contributed by atoms with Crippen molar-refractivity contribution in [1.82, 2.24) is 5.43 Å². The second-order valence-electron chi connectivity index (χ2n) is 6.93. The van der Waals surface area contributed by atoms with Crippen molar-refractivity contribution in [3.05, 3.63) is 87.4 Å². The number of methoxy groups -OCH3 is 1. The molecular formula is C24H21Cl2N3O4. The largest absolute Gasteiger partial charge is 0.496 e. The van der Waals surface area contributed by atoms with E-state index >= 15 is 0 Å². The molecule has 0 aliphatic carbocycles. The highest BCUT2D eigenvalue weighted by Gasteiger charge is 2.11. The van der Waals surface area contributed by atoms with E-state index in [-0.39, 0.29) is 18.4 Å².